The van der Waals surface area contributed by atoms with Crippen molar-refractivity contribution in [3.05, 3.63) is 40.5 Å². The molecule has 2 aliphatic rings. The average Bonchev–Trinajstić information content (AvgIpc) is 3.15. The fraction of sp³-hybridized carbons (Fsp3) is 0.652. The molecule has 0 heterocycles. The van der Waals surface area contributed by atoms with E-state index in [0.717, 1.165) is 0 Å². The monoisotopic (exact) mass is 346 g/mol. The van der Waals surface area contributed by atoms with Gasteiger partial charge in [0.25, 0.3) is 0 Å². The molecule has 2 atom stereocenters. The van der Waals surface area contributed by atoms with Gasteiger partial charge in [-0.15, -0.1) is 0 Å². The van der Waals surface area contributed by atoms with Crippen molar-refractivity contribution in [2.45, 2.75) is 88.6 Å². The van der Waals surface area contributed by atoms with E-state index < -0.39 is 8.07 Å². The fourth-order valence-corrected chi connectivity index (χ4v) is 8.43. The summed E-state index contributed by atoms with van der Waals surface area (Å²) in [7, 11) is -1.39. The first-order chi connectivity index (χ1) is 11.8. The molecule has 3 rings (SSSR count). The van der Waals surface area contributed by atoms with Crippen LogP contribution in [0.15, 0.2) is 18.2 Å². The maximum absolute atomic E-state index is 2.75. The molecule has 132 valence electrons. The Morgan fingerprint density at radius 1 is 1.12 bits per heavy atom. The molecule has 2 unspecified atom stereocenters. The molecule has 0 fully saturated rings. The van der Waals surface area contributed by atoms with Gasteiger partial charge >= 0.3 is 166 Å². The Labute approximate surface area is 166 Å². The molecule has 2 heteroatoms. The van der Waals surface area contributed by atoms with Crippen molar-refractivity contribution in [3.8, 4) is 0 Å². The molecule has 0 saturated carbocycles. The van der Waals surface area contributed by atoms with Crippen LogP contribution in [0.25, 0.3) is 5.57 Å². The minimum absolute atomic E-state index is 0.312. The third kappa shape index (κ3) is 3.38. The third-order valence-corrected chi connectivity index (χ3v) is 12.2. The fourth-order valence-electron chi connectivity index (χ4n) is 5.19. The van der Waals surface area contributed by atoms with Crippen LogP contribution in [-0.4, -0.2) is 25.8 Å². The molecular weight excluding hydrogens is 311 g/mol. The average molecular weight is 347 g/mol. The van der Waals surface area contributed by atoms with E-state index in [-0.39, 0.29) is 0 Å². The van der Waals surface area contributed by atoms with Crippen LogP contribution >= 0.6 is 0 Å². The summed E-state index contributed by atoms with van der Waals surface area (Å²) in [5.74, 6) is 0.695. The molecule has 0 N–H and O–H groups in total. The second-order valence-electron chi connectivity index (χ2n) is 9.50. The molecular formula is C23H35LiSi. The first kappa shape index (κ1) is 19.5. The SMILES string of the molecule is [Li][C]1([Si](C)(C)CCCC)C=C(C(C)CCC)c2cc3c(cc21)CCC3. The maximum atomic E-state index is 2.75. The van der Waals surface area contributed by atoms with Crippen molar-refractivity contribution in [2.75, 3.05) is 0 Å². The van der Waals surface area contributed by atoms with Gasteiger partial charge in [0.05, 0.1) is 0 Å². The molecule has 0 radical (unpaired) electrons. The molecule has 0 nitrogen and oxygen atoms in total. The number of allylic oxidation sites excluding steroid dienone is 2. The van der Waals surface area contributed by atoms with Crippen molar-refractivity contribution in [1.82, 2.24) is 0 Å². The summed E-state index contributed by atoms with van der Waals surface area (Å²) in [5.41, 5.74) is 8.29. The molecule has 2 aliphatic carbocycles. The van der Waals surface area contributed by atoms with Gasteiger partial charge in [0.1, 0.15) is 0 Å². The van der Waals surface area contributed by atoms with E-state index in [2.05, 4.69) is 69.8 Å². The molecule has 0 amide bonds. The molecule has 0 spiro atoms. The zero-order chi connectivity index (χ0) is 18.2. The zero-order valence-electron chi connectivity index (χ0n) is 17.5. The summed E-state index contributed by atoms with van der Waals surface area (Å²) >= 11 is 2.58. The van der Waals surface area contributed by atoms with Crippen LogP contribution in [-0.2, 0) is 16.6 Å². The van der Waals surface area contributed by atoms with Crippen molar-refractivity contribution in [3.63, 3.8) is 0 Å². The number of hydrogen-bond acceptors (Lipinski definition) is 0. The molecule has 0 aliphatic heterocycles. The van der Waals surface area contributed by atoms with Crippen LogP contribution in [0.2, 0.25) is 19.1 Å². The zero-order valence-corrected chi connectivity index (χ0v) is 18.5. The van der Waals surface area contributed by atoms with Gasteiger partial charge in [-0.05, 0) is 0 Å². The van der Waals surface area contributed by atoms with Crippen LogP contribution in [0.1, 0.15) is 75.1 Å². The number of hydrogen-bond donors (Lipinski definition) is 0. The Hall–Kier alpha value is -0.226. The van der Waals surface area contributed by atoms with E-state index in [9.17, 15) is 0 Å². The predicted molar refractivity (Wildman–Crippen MR) is 115 cm³/mol. The van der Waals surface area contributed by atoms with Crippen LogP contribution in [0, 0.1) is 5.92 Å². The van der Waals surface area contributed by atoms with E-state index in [1.54, 1.807) is 27.8 Å². The van der Waals surface area contributed by atoms with E-state index >= 15 is 0 Å². The summed E-state index contributed by atoms with van der Waals surface area (Å²) in [6.45, 7) is 12.4. The van der Waals surface area contributed by atoms with Gasteiger partial charge in [-0.2, -0.15) is 0 Å². The minimum atomic E-state index is -1.39. The quantitative estimate of drug-likeness (QED) is 0.500. The van der Waals surface area contributed by atoms with Crippen molar-refractivity contribution < 1.29 is 0 Å². The molecule has 0 aromatic heterocycles. The van der Waals surface area contributed by atoms with Crippen LogP contribution in [0.3, 0.4) is 0 Å². The standard InChI is InChI=1S/C23H35Si.Li/c1-6-8-13-24(4,5)23-16-20(17(3)10-7-2)21-14-18-11-9-12-19(18)15-22(21)23;/h14-17H,6-13H2,1-5H3;. The number of rotatable bonds is 7. The van der Waals surface area contributed by atoms with Crippen molar-refractivity contribution in [2.24, 2.45) is 5.92 Å². The molecule has 1 aromatic rings. The Morgan fingerprint density at radius 3 is 2.44 bits per heavy atom. The Kier molecular flexibility index (Phi) is 5.80. The van der Waals surface area contributed by atoms with Gasteiger partial charge in [0.2, 0.25) is 0 Å². The van der Waals surface area contributed by atoms with Crippen LogP contribution < -0.4 is 0 Å². The Bertz CT molecular complexity index is 673. The molecule has 0 saturated heterocycles. The summed E-state index contributed by atoms with van der Waals surface area (Å²) in [4.78, 5) is 0. The van der Waals surface area contributed by atoms with Crippen molar-refractivity contribution >= 4 is 31.4 Å². The number of fused-ring (bicyclic) bond motifs is 2. The van der Waals surface area contributed by atoms with E-state index in [1.807, 2.05) is 0 Å². The second-order valence-corrected chi connectivity index (χ2v) is 14.8. The topological polar surface area (TPSA) is 0 Å². The second kappa shape index (κ2) is 7.42. The number of aryl methyl sites for hydroxylation is 2. The Balaban J connectivity index is 2.11. The predicted octanol–water partition coefficient (Wildman–Crippen LogP) is 6.42. The van der Waals surface area contributed by atoms with Gasteiger partial charge in [0, 0.05) is 0 Å². The van der Waals surface area contributed by atoms with E-state index in [0.29, 0.717) is 9.63 Å². The van der Waals surface area contributed by atoms with Gasteiger partial charge in [0.15, 0.2) is 0 Å². The summed E-state index contributed by atoms with van der Waals surface area (Å²) < 4.78 is 0.312. The molecule has 1 aromatic carbocycles. The number of unbranched alkanes of at least 4 members (excludes halogenated alkanes) is 1. The van der Waals surface area contributed by atoms with E-state index in [4.69, 9.17) is 0 Å². The summed E-state index contributed by atoms with van der Waals surface area (Å²) in [6.07, 6.45) is 12.0. The van der Waals surface area contributed by atoms with Crippen LogP contribution in [0.4, 0.5) is 0 Å². The number of benzene rings is 1. The summed E-state index contributed by atoms with van der Waals surface area (Å²) in [5, 5.41) is 0. The molecule has 0 bridgehead atoms. The van der Waals surface area contributed by atoms with E-state index in [1.165, 1.54) is 51.0 Å². The first-order valence-electron chi connectivity index (χ1n) is 10.7. The van der Waals surface area contributed by atoms with Crippen LogP contribution in [0.5, 0.6) is 0 Å². The van der Waals surface area contributed by atoms with Crippen molar-refractivity contribution in [1.29, 1.82) is 0 Å². The summed E-state index contributed by atoms with van der Waals surface area (Å²) in [6, 6.07) is 6.69. The van der Waals surface area contributed by atoms with Gasteiger partial charge < -0.3 is 0 Å². The van der Waals surface area contributed by atoms with Gasteiger partial charge in [-0.3, -0.25) is 0 Å². The Morgan fingerprint density at radius 2 is 1.80 bits per heavy atom. The first-order valence-corrected chi connectivity index (χ1v) is 13.9. The molecule has 25 heavy (non-hydrogen) atoms. The normalized spacial score (nSPS) is 23.4. The van der Waals surface area contributed by atoms with Gasteiger partial charge in [-0.25, -0.2) is 0 Å². The van der Waals surface area contributed by atoms with Gasteiger partial charge in [-0.1, -0.05) is 0 Å². The third-order valence-electron chi connectivity index (χ3n) is 7.36.